The van der Waals surface area contributed by atoms with Crippen molar-refractivity contribution in [2.75, 3.05) is 0 Å². The zero-order valence-electron chi connectivity index (χ0n) is 7.73. The molecule has 0 N–H and O–H groups in total. The van der Waals surface area contributed by atoms with Gasteiger partial charge < -0.3 is 0 Å². The standard InChI is InChI=1S/C7H6Cl5N3/c1-6(9,10)3-13-4(7(2,11)12)15-5(8)14-3/h1-2H3. The maximum atomic E-state index is 5.82. The van der Waals surface area contributed by atoms with Crippen molar-refractivity contribution >= 4 is 58.0 Å². The van der Waals surface area contributed by atoms with Crippen LogP contribution in [0, 0.1) is 0 Å². The molecular formula is C7H6Cl5N3. The van der Waals surface area contributed by atoms with Crippen LogP contribution < -0.4 is 0 Å². The summed E-state index contributed by atoms with van der Waals surface area (Å²) in [6.07, 6.45) is 0. The summed E-state index contributed by atoms with van der Waals surface area (Å²) < 4.78 is -2.55. The lowest BCUT2D eigenvalue weighted by molar-refractivity contribution is 0.746. The van der Waals surface area contributed by atoms with E-state index in [2.05, 4.69) is 15.0 Å². The average Bonchev–Trinajstić information content (AvgIpc) is 1.99. The van der Waals surface area contributed by atoms with Gasteiger partial charge in [-0.05, 0) is 25.4 Å². The van der Waals surface area contributed by atoms with Gasteiger partial charge in [0.25, 0.3) is 0 Å². The Bertz CT molecular complexity index is 336. The van der Waals surface area contributed by atoms with E-state index in [0.29, 0.717) is 0 Å². The van der Waals surface area contributed by atoms with Gasteiger partial charge in [0.1, 0.15) is 0 Å². The molecule has 8 heteroatoms. The lowest BCUT2D eigenvalue weighted by Crippen LogP contribution is -2.18. The lowest BCUT2D eigenvalue weighted by Gasteiger charge is -2.16. The number of alkyl halides is 4. The number of aromatic nitrogens is 3. The summed E-state index contributed by atoms with van der Waals surface area (Å²) in [6.45, 7) is 3.01. The van der Waals surface area contributed by atoms with Crippen molar-refractivity contribution in [3.8, 4) is 0 Å². The van der Waals surface area contributed by atoms with Gasteiger partial charge in [-0.2, -0.15) is 9.97 Å². The van der Waals surface area contributed by atoms with E-state index in [1.807, 2.05) is 0 Å². The molecule has 1 aromatic heterocycles. The topological polar surface area (TPSA) is 38.7 Å². The zero-order valence-corrected chi connectivity index (χ0v) is 11.5. The van der Waals surface area contributed by atoms with Crippen LogP contribution in [0.1, 0.15) is 25.5 Å². The maximum Gasteiger partial charge on any atom is 0.226 e. The molecule has 15 heavy (non-hydrogen) atoms. The largest absolute Gasteiger partial charge is 0.226 e. The summed E-state index contributed by atoms with van der Waals surface area (Å²) in [5.74, 6) is 0.210. The molecule has 0 aliphatic carbocycles. The van der Waals surface area contributed by atoms with Crippen LogP contribution in [0.4, 0.5) is 0 Å². The minimum atomic E-state index is -1.28. The van der Waals surface area contributed by atoms with E-state index < -0.39 is 8.67 Å². The second kappa shape index (κ2) is 4.38. The summed E-state index contributed by atoms with van der Waals surface area (Å²) in [7, 11) is 0. The van der Waals surface area contributed by atoms with Crippen molar-refractivity contribution in [2.24, 2.45) is 0 Å². The Balaban J connectivity index is 3.30. The third kappa shape index (κ3) is 3.75. The molecule has 0 bridgehead atoms. The highest BCUT2D eigenvalue weighted by molar-refractivity contribution is 6.48. The average molecular weight is 309 g/mol. The highest BCUT2D eigenvalue weighted by atomic mass is 35.5. The Labute approximate surface area is 112 Å². The molecule has 0 saturated heterocycles. The first-order valence-corrected chi connectivity index (χ1v) is 5.68. The third-order valence-electron chi connectivity index (χ3n) is 1.39. The molecule has 0 aliphatic rings. The van der Waals surface area contributed by atoms with Crippen LogP contribution in [0.15, 0.2) is 0 Å². The highest BCUT2D eigenvalue weighted by Gasteiger charge is 2.30. The molecule has 0 amide bonds. The summed E-state index contributed by atoms with van der Waals surface area (Å²) in [6, 6.07) is 0. The predicted octanol–water partition coefficient (Wildman–Crippen LogP) is 3.83. The first kappa shape index (κ1) is 13.5. The van der Waals surface area contributed by atoms with E-state index in [9.17, 15) is 0 Å². The molecule has 0 unspecified atom stereocenters. The molecule has 0 atom stereocenters. The molecule has 0 fully saturated rings. The monoisotopic (exact) mass is 307 g/mol. The number of hydrogen-bond donors (Lipinski definition) is 0. The molecule has 0 radical (unpaired) electrons. The molecule has 0 saturated carbocycles. The van der Waals surface area contributed by atoms with Crippen LogP contribution in [0.3, 0.4) is 0 Å². The van der Waals surface area contributed by atoms with Gasteiger partial charge in [-0.1, -0.05) is 46.4 Å². The van der Waals surface area contributed by atoms with Gasteiger partial charge in [-0.25, -0.2) is 4.98 Å². The van der Waals surface area contributed by atoms with E-state index >= 15 is 0 Å². The van der Waals surface area contributed by atoms with Crippen molar-refractivity contribution < 1.29 is 0 Å². The predicted molar refractivity (Wildman–Crippen MR) is 63.0 cm³/mol. The van der Waals surface area contributed by atoms with Crippen molar-refractivity contribution in [1.82, 2.24) is 15.0 Å². The van der Waals surface area contributed by atoms with E-state index in [-0.39, 0.29) is 16.9 Å². The molecule has 1 aromatic rings. The highest BCUT2D eigenvalue weighted by Crippen LogP contribution is 2.34. The van der Waals surface area contributed by atoms with E-state index in [1.54, 1.807) is 0 Å². The Hall–Kier alpha value is 0.460. The van der Waals surface area contributed by atoms with Gasteiger partial charge in [-0.3, -0.25) is 0 Å². The fraction of sp³-hybridized carbons (Fsp3) is 0.571. The minimum absolute atomic E-state index is 0.0601. The summed E-state index contributed by atoms with van der Waals surface area (Å²) in [5.41, 5.74) is 0. The summed E-state index contributed by atoms with van der Waals surface area (Å²) in [4.78, 5) is 11.5. The SMILES string of the molecule is CC(Cl)(Cl)c1nc(Cl)nc(C(C)(Cl)Cl)n1. The van der Waals surface area contributed by atoms with Crippen LogP contribution >= 0.6 is 58.0 Å². The fourth-order valence-corrected chi connectivity index (χ4v) is 1.24. The molecule has 0 aliphatic heterocycles. The van der Waals surface area contributed by atoms with Crippen LogP contribution in [0.5, 0.6) is 0 Å². The Kier molecular flexibility index (Phi) is 3.95. The molecular weight excluding hydrogens is 303 g/mol. The van der Waals surface area contributed by atoms with E-state index in [0.717, 1.165) is 0 Å². The second-order valence-corrected chi connectivity index (χ2v) is 6.78. The van der Waals surface area contributed by atoms with Gasteiger partial charge in [0.2, 0.25) is 5.28 Å². The zero-order chi connectivity index (χ0) is 11.9. The van der Waals surface area contributed by atoms with Crippen LogP contribution in [0.2, 0.25) is 5.28 Å². The van der Waals surface area contributed by atoms with Crippen LogP contribution in [-0.4, -0.2) is 15.0 Å². The molecule has 1 rings (SSSR count). The van der Waals surface area contributed by atoms with Gasteiger partial charge in [0.05, 0.1) is 0 Å². The first-order chi connectivity index (χ1) is 6.60. The van der Waals surface area contributed by atoms with Crippen molar-refractivity contribution in [2.45, 2.75) is 22.5 Å². The Morgan fingerprint density at radius 3 is 1.40 bits per heavy atom. The quantitative estimate of drug-likeness (QED) is 0.779. The first-order valence-electron chi connectivity index (χ1n) is 3.79. The molecule has 0 spiro atoms. The minimum Gasteiger partial charge on any atom is -0.211 e. The molecule has 0 aromatic carbocycles. The Morgan fingerprint density at radius 1 is 0.800 bits per heavy atom. The van der Waals surface area contributed by atoms with E-state index in [4.69, 9.17) is 58.0 Å². The van der Waals surface area contributed by atoms with Gasteiger partial charge in [0.15, 0.2) is 20.3 Å². The smallest absolute Gasteiger partial charge is 0.211 e. The fourth-order valence-electron chi connectivity index (χ4n) is 0.743. The van der Waals surface area contributed by atoms with Crippen LogP contribution in [0.25, 0.3) is 0 Å². The number of hydrogen-bond acceptors (Lipinski definition) is 3. The molecule has 3 nitrogen and oxygen atoms in total. The Morgan fingerprint density at radius 2 is 1.13 bits per heavy atom. The number of rotatable bonds is 2. The third-order valence-corrected chi connectivity index (χ3v) is 2.24. The second-order valence-electron chi connectivity index (χ2n) is 3.03. The van der Waals surface area contributed by atoms with Gasteiger partial charge in [0, 0.05) is 0 Å². The van der Waals surface area contributed by atoms with Crippen molar-refractivity contribution in [3.05, 3.63) is 16.9 Å². The number of nitrogens with zero attached hydrogens (tertiary/aromatic N) is 3. The number of halogens is 5. The normalized spacial score (nSPS) is 13.0. The summed E-state index contributed by atoms with van der Waals surface area (Å²) in [5, 5.41) is -0.0601. The van der Waals surface area contributed by atoms with Gasteiger partial charge >= 0.3 is 0 Å². The van der Waals surface area contributed by atoms with Crippen molar-refractivity contribution in [3.63, 3.8) is 0 Å². The molecule has 84 valence electrons. The van der Waals surface area contributed by atoms with E-state index in [1.165, 1.54) is 13.8 Å². The summed E-state index contributed by atoms with van der Waals surface area (Å²) >= 11 is 28.9. The van der Waals surface area contributed by atoms with Crippen molar-refractivity contribution in [1.29, 1.82) is 0 Å². The van der Waals surface area contributed by atoms with Gasteiger partial charge in [-0.15, -0.1) is 0 Å². The van der Waals surface area contributed by atoms with Crippen LogP contribution in [-0.2, 0) is 8.67 Å². The maximum absolute atomic E-state index is 5.82. The molecule has 1 heterocycles. The lowest BCUT2D eigenvalue weighted by atomic mass is 10.4.